The van der Waals surface area contributed by atoms with E-state index in [9.17, 15) is 5.11 Å². The summed E-state index contributed by atoms with van der Waals surface area (Å²) >= 11 is 0. The zero-order valence-corrected chi connectivity index (χ0v) is 10.2. The Morgan fingerprint density at radius 2 is 1.70 bits per heavy atom. The highest BCUT2D eigenvalue weighted by molar-refractivity contribution is 6.16. The van der Waals surface area contributed by atoms with Crippen molar-refractivity contribution in [2.45, 2.75) is 0 Å². The number of hydrogen-bond acceptors (Lipinski definition) is 4. The third kappa shape index (κ3) is 1.07. The van der Waals surface area contributed by atoms with Crippen LogP contribution in [0.4, 0.5) is 0 Å². The second kappa shape index (κ2) is 3.17. The maximum atomic E-state index is 10.5. The van der Waals surface area contributed by atoms with Gasteiger partial charge in [0.15, 0.2) is 0 Å². The highest BCUT2D eigenvalue weighted by Gasteiger charge is 2.16. The standard InChI is InChI=1S/C16H8O4/c17-16-10-1-2-19-12(10)5-14-15(16)11-3-8-6-18-7-9(8)4-13(11)20-14/h1-7,17H. The predicted molar refractivity (Wildman–Crippen MR) is 74.9 cm³/mol. The normalized spacial score (nSPS) is 12.2. The van der Waals surface area contributed by atoms with Crippen molar-refractivity contribution in [2.24, 2.45) is 0 Å². The fourth-order valence-electron chi connectivity index (χ4n) is 2.81. The highest BCUT2D eigenvalue weighted by Crippen LogP contribution is 2.41. The van der Waals surface area contributed by atoms with Crippen LogP contribution in [0.1, 0.15) is 0 Å². The lowest BCUT2D eigenvalue weighted by molar-refractivity contribution is 0.487. The van der Waals surface area contributed by atoms with Gasteiger partial charge in [-0.3, -0.25) is 0 Å². The molecule has 0 saturated carbocycles. The minimum Gasteiger partial charge on any atom is -0.506 e. The molecule has 0 radical (unpaired) electrons. The molecular weight excluding hydrogens is 256 g/mol. The number of aromatic hydroxyl groups is 1. The van der Waals surface area contributed by atoms with Crippen LogP contribution in [0, 0.1) is 0 Å². The lowest BCUT2D eigenvalue weighted by atomic mass is 10.1. The molecule has 0 aliphatic carbocycles. The van der Waals surface area contributed by atoms with E-state index >= 15 is 0 Å². The quantitative estimate of drug-likeness (QED) is 0.437. The number of hydrogen-bond donors (Lipinski definition) is 1. The van der Waals surface area contributed by atoms with Gasteiger partial charge >= 0.3 is 0 Å². The van der Waals surface area contributed by atoms with Crippen molar-refractivity contribution in [1.82, 2.24) is 0 Å². The van der Waals surface area contributed by atoms with Crippen molar-refractivity contribution in [1.29, 1.82) is 0 Å². The van der Waals surface area contributed by atoms with Gasteiger partial charge in [0.05, 0.1) is 29.6 Å². The summed E-state index contributed by atoms with van der Waals surface area (Å²) in [4.78, 5) is 0. The first kappa shape index (κ1) is 9.97. The fourth-order valence-corrected chi connectivity index (χ4v) is 2.81. The Labute approximate surface area is 111 Å². The van der Waals surface area contributed by atoms with Crippen LogP contribution >= 0.6 is 0 Å². The third-order valence-corrected chi connectivity index (χ3v) is 3.76. The largest absolute Gasteiger partial charge is 0.506 e. The van der Waals surface area contributed by atoms with Gasteiger partial charge in [-0.2, -0.15) is 0 Å². The van der Waals surface area contributed by atoms with E-state index < -0.39 is 0 Å². The summed E-state index contributed by atoms with van der Waals surface area (Å²) in [5, 5.41) is 14.7. The predicted octanol–water partition coefficient (Wildman–Crippen LogP) is 4.78. The van der Waals surface area contributed by atoms with Crippen molar-refractivity contribution in [2.75, 3.05) is 0 Å². The van der Waals surface area contributed by atoms with Crippen molar-refractivity contribution < 1.29 is 18.4 Å². The van der Waals surface area contributed by atoms with Gasteiger partial charge in [0, 0.05) is 22.2 Å². The Hall–Kier alpha value is -2.88. The Morgan fingerprint density at radius 1 is 0.850 bits per heavy atom. The van der Waals surface area contributed by atoms with Crippen LogP contribution in [-0.2, 0) is 0 Å². The maximum absolute atomic E-state index is 10.5. The van der Waals surface area contributed by atoms with E-state index in [1.165, 1.54) is 0 Å². The zero-order chi connectivity index (χ0) is 13.3. The lowest BCUT2D eigenvalue weighted by Crippen LogP contribution is -1.72. The molecule has 4 nitrogen and oxygen atoms in total. The lowest BCUT2D eigenvalue weighted by Gasteiger charge is -1.96. The minimum atomic E-state index is 0.188. The molecule has 2 aromatic carbocycles. The van der Waals surface area contributed by atoms with Gasteiger partial charge in [-0.05, 0) is 18.2 Å². The van der Waals surface area contributed by atoms with Crippen LogP contribution in [0.15, 0.2) is 56.3 Å². The SMILES string of the molecule is Oc1c2ccoc2cc2oc3cc4cocc4cc3c12. The van der Waals surface area contributed by atoms with Crippen molar-refractivity contribution >= 4 is 43.7 Å². The molecule has 0 atom stereocenters. The number of phenols is 1. The van der Waals surface area contributed by atoms with E-state index in [-0.39, 0.29) is 5.75 Å². The number of benzene rings is 2. The number of fused-ring (bicyclic) bond motifs is 5. The minimum absolute atomic E-state index is 0.188. The van der Waals surface area contributed by atoms with Crippen LogP contribution in [-0.4, -0.2) is 5.11 Å². The first-order chi connectivity index (χ1) is 9.81. The van der Waals surface area contributed by atoms with E-state index in [1.54, 1.807) is 30.9 Å². The van der Waals surface area contributed by atoms with E-state index in [2.05, 4.69) is 0 Å². The van der Waals surface area contributed by atoms with E-state index in [1.807, 2.05) is 12.1 Å². The summed E-state index contributed by atoms with van der Waals surface area (Å²) in [5.41, 5.74) is 1.95. The summed E-state index contributed by atoms with van der Waals surface area (Å²) in [5.74, 6) is 0.188. The van der Waals surface area contributed by atoms with Crippen molar-refractivity contribution in [3.63, 3.8) is 0 Å². The van der Waals surface area contributed by atoms with Crippen LogP contribution in [0.25, 0.3) is 43.7 Å². The van der Waals surface area contributed by atoms with Crippen LogP contribution in [0.5, 0.6) is 5.75 Å². The van der Waals surface area contributed by atoms with Gasteiger partial charge in [-0.15, -0.1) is 0 Å². The molecule has 5 rings (SSSR count). The van der Waals surface area contributed by atoms with E-state index in [0.29, 0.717) is 21.9 Å². The zero-order valence-electron chi connectivity index (χ0n) is 10.2. The average molecular weight is 264 g/mol. The second-order valence-electron chi connectivity index (χ2n) is 4.88. The molecule has 4 heteroatoms. The highest BCUT2D eigenvalue weighted by atomic mass is 16.3. The van der Waals surface area contributed by atoms with Crippen LogP contribution < -0.4 is 0 Å². The van der Waals surface area contributed by atoms with Gasteiger partial charge in [0.25, 0.3) is 0 Å². The smallest absolute Gasteiger partial charge is 0.142 e. The molecule has 96 valence electrons. The van der Waals surface area contributed by atoms with Crippen LogP contribution in [0.2, 0.25) is 0 Å². The Bertz CT molecular complexity index is 1110. The molecule has 1 N–H and O–H groups in total. The van der Waals surface area contributed by atoms with E-state index in [4.69, 9.17) is 13.3 Å². The van der Waals surface area contributed by atoms with Crippen LogP contribution in [0.3, 0.4) is 0 Å². The summed E-state index contributed by atoms with van der Waals surface area (Å²) in [6, 6.07) is 7.43. The monoisotopic (exact) mass is 264 g/mol. The van der Waals surface area contributed by atoms with Gasteiger partial charge in [0.2, 0.25) is 0 Å². The summed E-state index contributed by atoms with van der Waals surface area (Å²) < 4.78 is 16.3. The summed E-state index contributed by atoms with van der Waals surface area (Å²) in [6.45, 7) is 0. The van der Waals surface area contributed by atoms with Gasteiger partial charge in [-0.1, -0.05) is 0 Å². The Kier molecular flexibility index (Phi) is 1.58. The third-order valence-electron chi connectivity index (χ3n) is 3.76. The topological polar surface area (TPSA) is 59.7 Å². The molecule has 0 unspecified atom stereocenters. The maximum Gasteiger partial charge on any atom is 0.142 e. The summed E-state index contributed by atoms with van der Waals surface area (Å²) in [7, 11) is 0. The molecule has 0 amide bonds. The molecule has 0 fully saturated rings. The Balaban J connectivity index is 2.10. The first-order valence-corrected chi connectivity index (χ1v) is 6.22. The van der Waals surface area contributed by atoms with Gasteiger partial charge < -0.3 is 18.4 Å². The van der Waals surface area contributed by atoms with Gasteiger partial charge in [0.1, 0.15) is 22.5 Å². The molecule has 0 aliphatic heterocycles. The molecule has 3 aromatic heterocycles. The molecule has 0 spiro atoms. The first-order valence-electron chi connectivity index (χ1n) is 6.22. The van der Waals surface area contributed by atoms with Crippen molar-refractivity contribution in [3.05, 3.63) is 43.1 Å². The van der Waals surface area contributed by atoms with Crippen molar-refractivity contribution in [3.8, 4) is 5.75 Å². The fraction of sp³-hybridized carbons (Fsp3) is 0. The molecule has 20 heavy (non-hydrogen) atoms. The molecule has 5 aromatic rings. The second-order valence-corrected chi connectivity index (χ2v) is 4.88. The molecule has 0 aliphatic rings. The molecule has 3 heterocycles. The number of rotatable bonds is 0. The van der Waals surface area contributed by atoms with Gasteiger partial charge in [-0.25, -0.2) is 0 Å². The average Bonchev–Trinajstić information content (AvgIpc) is 3.11. The molecular formula is C16H8O4. The summed E-state index contributed by atoms with van der Waals surface area (Å²) in [6.07, 6.45) is 4.91. The number of furan rings is 3. The molecule has 0 bridgehead atoms. The molecule has 0 saturated heterocycles. The number of phenolic OH excluding ortho intramolecular Hbond substituents is 1. The Morgan fingerprint density at radius 3 is 2.60 bits per heavy atom. The van der Waals surface area contributed by atoms with E-state index in [0.717, 1.165) is 21.7 Å².